The van der Waals surface area contributed by atoms with Crippen LogP contribution in [0.2, 0.25) is 0 Å². The summed E-state index contributed by atoms with van der Waals surface area (Å²) in [6.45, 7) is 3.33. The van der Waals surface area contributed by atoms with E-state index in [2.05, 4.69) is 21.7 Å². The van der Waals surface area contributed by atoms with E-state index in [0.717, 1.165) is 29.2 Å². The molecule has 0 fully saturated rings. The molecule has 1 N–H and O–H groups in total. The Labute approximate surface area is 189 Å². The monoisotopic (exact) mass is 455 g/mol. The zero-order chi connectivity index (χ0) is 21.8. The average molecular weight is 456 g/mol. The molecule has 8 heteroatoms. The summed E-state index contributed by atoms with van der Waals surface area (Å²) in [4.78, 5) is 33.7. The lowest BCUT2D eigenvalue weighted by atomic mass is 10.1. The van der Waals surface area contributed by atoms with Gasteiger partial charge in [0.1, 0.15) is 22.5 Å². The second-order valence-corrected chi connectivity index (χ2v) is 9.32. The third-order valence-corrected chi connectivity index (χ3v) is 7.29. The Hall–Kier alpha value is -2.71. The molecule has 0 aliphatic carbocycles. The molecule has 0 spiro atoms. The Kier molecular flexibility index (Phi) is 6.67. The van der Waals surface area contributed by atoms with Gasteiger partial charge in [0, 0.05) is 28.9 Å². The number of rotatable bonds is 7. The molecule has 4 rings (SSSR count). The molecule has 2 aromatic heterocycles. The van der Waals surface area contributed by atoms with Crippen LogP contribution < -0.4 is 10.1 Å². The Bertz CT molecular complexity index is 1060. The Balaban J connectivity index is 1.44. The summed E-state index contributed by atoms with van der Waals surface area (Å²) in [6.07, 6.45) is 2.29. The second-order valence-electron chi connectivity index (χ2n) is 7.46. The van der Waals surface area contributed by atoms with Crippen LogP contribution in [0.3, 0.4) is 0 Å². The van der Waals surface area contributed by atoms with E-state index in [9.17, 15) is 9.59 Å². The van der Waals surface area contributed by atoms with E-state index < -0.39 is 6.04 Å². The Morgan fingerprint density at radius 3 is 2.77 bits per heavy atom. The molecule has 3 aromatic rings. The van der Waals surface area contributed by atoms with Crippen molar-refractivity contribution in [1.29, 1.82) is 0 Å². The molecule has 0 bridgehead atoms. The van der Waals surface area contributed by atoms with Crippen molar-refractivity contribution < 1.29 is 14.3 Å². The van der Waals surface area contributed by atoms with Crippen LogP contribution in [0.4, 0.5) is 0 Å². The number of fused-ring (bicyclic) bond motifs is 1. The Morgan fingerprint density at radius 2 is 2.03 bits per heavy atom. The number of carbonyl (C=O) groups excluding carboxylic acids is 2. The van der Waals surface area contributed by atoms with Crippen LogP contribution in [0, 0.1) is 0 Å². The van der Waals surface area contributed by atoms with Gasteiger partial charge in [0.2, 0.25) is 5.91 Å². The van der Waals surface area contributed by atoms with Crippen LogP contribution in [0.1, 0.15) is 40.7 Å². The first kappa shape index (κ1) is 21.5. The molecule has 0 radical (unpaired) electrons. The van der Waals surface area contributed by atoms with E-state index in [4.69, 9.17) is 4.74 Å². The molecule has 31 heavy (non-hydrogen) atoms. The molecule has 162 valence electrons. The fourth-order valence-corrected chi connectivity index (χ4v) is 5.38. The number of methoxy groups -OCH3 is 1. The summed E-state index contributed by atoms with van der Waals surface area (Å²) in [5.74, 6) is 0.445. The number of thiophene rings is 1. The minimum atomic E-state index is -0.538. The van der Waals surface area contributed by atoms with Crippen LogP contribution in [0.5, 0.6) is 5.75 Å². The van der Waals surface area contributed by atoms with Gasteiger partial charge >= 0.3 is 0 Å². The van der Waals surface area contributed by atoms with Crippen molar-refractivity contribution in [1.82, 2.24) is 15.2 Å². The van der Waals surface area contributed by atoms with Crippen molar-refractivity contribution in [2.45, 2.75) is 38.8 Å². The first-order valence-corrected chi connectivity index (χ1v) is 12.1. The van der Waals surface area contributed by atoms with Crippen LogP contribution in [0.25, 0.3) is 10.6 Å². The van der Waals surface area contributed by atoms with Crippen LogP contribution >= 0.6 is 22.7 Å². The lowest BCUT2D eigenvalue weighted by Gasteiger charge is -2.30. The minimum absolute atomic E-state index is 0.0161. The first-order chi connectivity index (χ1) is 15.1. The van der Waals surface area contributed by atoms with Gasteiger partial charge in [0.05, 0.1) is 7.11 Å². The number of amides is 2. The quantitative estimate of drug-likeness (QED) is 0.575. The predicted molar refractivity (Wildman–Crippen MR) is 124 cm³/mol. The van der Waals surface area contributed by atoms with Gasteiger partial charge in [0.25, 0.3) is 5.91 Å². The van der Waals surface area contributed by atoms with Gasteiger partial charge < -0.3 is 15.0 Å². The maximum absolute atomic E-state index is 13.2. The summed E-state index contributed by atoms with van der Waals surface area (Å²) in [5, 5.41) is 7.50. The zero-order valence-electron chi connectivity index (χ0n) is 17.6. The molecule has 1 atom stereocenters. The van der Waals surface area contributed by atoms with Crippen LogP contribution in [-0.2, 0) is 17.8 Å². The first-order valence-electron chi connectivity index (χ1n) is 10.3. The molecule has 1 aromatic carbocycles. The number of thiazole rings is 1. The number of ether oxygens (including phenoxy) is 1. The smallest absolute Gasteiger partial charge is 0.271 e. The van der Waals surface area contributed by atoms with E-state index in [1.165, 1.54) is 21.8 Å². The summed E-state index contributed by atoms with van der Waals surface area (Å²) < 4.78 is 5.19. The number of hydrogen-bond donors (Lipinski definition) is 1. The van der Waals surface area contributed by atoms with Crippen LogP contribution in [-0.4, -0.2) is 41.4 Å². The molecule has 6 nitrogen and oxygen atoms in total. The van der Waals surface area contributed by atoms with Gasteiger partial charge in [-0.25, -0.2) is 4.98 Å². The third kappa shape index (κ3) is 4.80. The molecular formula is C23H25N3O3S2. The van der Waals surface area contributed by atoms with Gasteiger partial charge in [-0.3, -0.25) is 9.59 Å². The van der Waals surface area contributed by atoms with Gasteiger partial charge in [0.15, 0.2) is 0 Å². The predicted octanol–water partition coefficient (Wildman–Crippen LogP) is 4.36. The van der Waals surface area contributed by atoms with E-state index in [0.29, 0.717) is 25.2 Å². The van der Waals surface area contributed by atoms with Gasteiger partial charge in [-0.1, -0.05) is 13.3 Å². The van der Waals surface area contributed by atoms with Crippen molar-refractivity contribution >= 4 is 34.5 Å². The third-order valence-electron chi connectivity index (χ3n) is 5.37. The van der Waals surface area contributed by atoms with Crippen LogP contribution in [0.15, 0.2) is 41.1 Å². The number of aromatic nitrogens is 1. The van der Waals surface area contributed by atoms with E-state index in [1.54, 1.807) is 23.8 Å². The summed E-state index contributed by atoms with van der Waals surface area (Å²) in [6, 6.07) is 9.11. The molecule has 1 aliphatic heterocycles. The summed E-state index contributed by atoms with van der Waals surface area (Å²) >= 11 is 3.15. The maximum atomic E-state index is 13.2. The minimum Gasteiger partial charge on any atom is -0.497 e. The topological polar surface area (TPSA) is 71.5 Å². The normalized spacial score (nSPS) is 14.1. The summed E-state index contributed by atoms with van der Waals surface area (Å²) in [7, 11) is 1.62. The molecular weight excluding hydrogens is 430 g/mol. The fourth-order valence-electron chi connectivity index (χ4n) is 3.68. The highest BCUT2D eigenvalue weighted by Crippen LogP contribution is 2.27. The van der Waals surface area contributed by atoms with Gasteiger partial charge in [-0.05, 0) is 54.1 Å². The Morgan fingerprint density at radius 1 is 1.23 bits per heavy atom. The lowest BCUT2D eigenvalue weighted by Crippen LogP contribution is -2.49. The molecule has 1 unspecified atom stereocenters. The van der Waals surface area contributed by atoms with Crippen molar-refractivity contribution in [3.8, 4) is 16.3 Å². The van der Waals surface area contributed by atoms with Gasteiger partial charge in [-0.15, -0.1) is 22.7 Å². The number of nitrogens with zero attached hydrogens (tertiary/aromatic N) is 2. The molecule has 3 heterocycles. The average Bonchev–Trinajstić information content (AvgIpc) is 3.47. The maximum Gasteiger partial charge on any atom is 0.271 e. The van der Waals surface area contributed by atoms with Crippen molar-refractivity contribution in [3.05, 3.63) is 57.2 Å². The van der Waals surface area contributed by atoms with Crippen molar-refractivity contribution in [2.24, 2.45) is 0 Å². The highest BCUT2D eigenvalue weighted by Gasteiger charge is 2.29. The number of nitrogens with one attached hydrogen (secondary N) is 1. The summed E-state index contributed by atoms with van der Waals surface area (Å²) in [5.41, 5.74) is 2.48. The molecule has 2 amide bonds. The largest absolute Gasteiger partial charge is 0.497 e. The second kappa shape index (κ2) is 9.62. The van der Waals surface area contributed by atoms with Gasteiger partial charge in [-0.2, -0.15) is 0 Å². The van der Waals surface area contributed by atoms with E-state index in [1.807, 2.05) is 36.1 Å². The highest BCUT2D eigenvalue weighted by atomic mass is 32.1. The van der Waals surface area contributed by atoms with Crippen molar-refractivity contribution in [3.63, 3.8) is 0 Å². The lowest BCUT2D eigenvalue weighted by molar-refractivity contribution is -0.134. The van der Waals surface area contributed by atoms with E-state index in [-0.39, 0.29) is 11.8 Å². The number of hydrogen-bond acceptors (Lipinski definition) is 6. The van der Waals surface area contributed by atoms with E-state index >= 15 is 0 Å². The fraction of sp³-hybridized carbons (Fsp3) is 0.348. The highest BCUT2D eigenvalue weighted by molar-refractivity contribution is 7.13. The molecule has 1 aliphatic rings. The standard InChI is InChI=1S/C23H25N3O3S2/c1-3-4-18(23(28)26-11-9-20-16(13-26)10-12-30-20)24-21(27)19-14-31-22(25-19)15-5-7-17(29-2)8-6-15/h5-8,10,12,14,18H,3-4,9,11,13H2,1-2H3,(H,24,27). The molecule has 0 saturated carbocycles. The number of benzene rings is 1. The SMILES string of the molecule is CCCC(NC(=O)c1csc(-c2ccc(OC)cc2)n1)C(=O)N1CCc2sccc2C1. The number of carbonyl (C=O) groups is 2. The van der Waals surface area contributed by atoms with Crippen molar-refractivity contribution in [2.75, 3.05) is 13.7 Å². The molecule has 0 saturated heterocycles. The zero-order valence-corrected chi connectivity index (χ0v) is 19.2.